The molecule has 2 rings (SSSR count). The molecule has 0 aliphatic heterocycles. The Kier molecular flexibility index (Phi) is 4.43. The standard InChI is InChI=1S/C15H15BrN4O/c1-9-14(16)10(2)20(19-9)11(3)15(21)18-13-6-4-5-12(7-13)8-17/h4-7,11H,1-3H3,(H,18,21). The number of aromatic nitrogens is 2. The van der Waals surface area contributed by atoms with Gasteiger partial charge in [0, 0.05) is 5.69 Å². The number of halogens is 1. The summed E-state index contributed by atoms with van der Waals surface area (Å²) in [5.41, 5.74) is 2.86. The molecule has 1 atom stereocenters. The Bertz CT molecular complexity index is 730. The minimum absolute atomic E-state index is 0.178. The molecule has 0 saturated heterocycles. The Hall–Kier alpha value is -2.13. The lowest BCUT2D eigenvalue weighted by Gasteiger charge is -2.14. The summed E-state index contributed by atoms with van der Waals surface area (Å²) >= 11 is 3.45. The van der Waals surface area contributed by atoms with Crippen molar-refractivity contribution in [2.75, 3.05) is 5.32 Å². The van der Waals surface area contributed by atoms with Crippen LogP contribution in [0.3, 0.4) is 0 Å². The third-order valence-electron chi connectivity index (χ3n) is 3.24. The molecule has 1 aromatic carbocycles. The van der Waals surface area contributed by atoms with E-state index >= 15 is 0 Å². The van der Waals surface area contributed by atoms with Crippen molar-refractivity contribution >= 4 is 27.5 Å². The molecule has 1 unspecified atom stereocenters. The Labute approximate surface area is 131 Å². The fourth-order valence-corrected chi connectivity index (χ4v) is 2.31. The van der Waals surface area contributed by atoms with E-state index in [0.29, 0.717) is 11.3 Å². The lowest BCUT2D eigenvalue weighted by Crippen LogP contribution is -2.25. The van der Waals surface area contributed by atoms with Crippen molar-refractivity contribution in [1.82, 2.24) is 9.78 Å². The zero-order chi connectivity index (χ0) is 15.6. The summed E-state index contributed by atoms with van der Waals surface area (Å²) in [5.74, 6) is -0.178. The van der Waals surface area contributed by atoms with Gasteiger partial charge >= 0.3 is 0 Å². The fourth-order valence-electron chi connectivity index (χ4n) is 2.04. The fraction of sp³-hybridized carbons (Fsp3) is 0.267. The van der Waals surface area contributed by atoms with Gasteiger partial charge in [0.1, 0.15) is 6.04 Å². The quantitative estimate of drug-likeness (QED) is 0.926. The van der Waals surface area contributed by atoms with Crippen LogP contribution in [0.15, 0.2) is 28.7 Å². The summed E-state index contributed by atoms with van der Waals surface area (Å²) in [6.07, 6.45) is 0. The number of amides is 1. The van der Waals surface area contributed by atoms with E-state index in [1.54, 1.807) is 35.9 Å². The van der Waals surface area contributed by atoms with Crippen LogP contribution in [0.2, 0.25) is 0 Å². The Morgan fingerprint density at radius 2 is 2.19 bits per heavy atom. The number of nitrogens with zero attached hydrogens (tertiary/aromatic N) is 3. The van der Waals surface area contributed by atoms with E-state index in [2.05, 4.69) is 26.3 Å². The summed E-state index contributed by atoms with van der Waals surface area (Å²) < 4.78 is 2.59. The molecule has 1 aromatic heterocycles. The average molecular weight is 347 g/mol. The highest BCUT2D eigenvalue weighted by Crippen LogP contribution is 2.23. The van der Waals surface area contributed by atoms with Crippen LogP contribution in [0.1, 0.15) is 29.9 Å². The highest BCUT2D eigenvalue weighted by atomic mass is 79.9. The molecular formula is C15H15BrN4O. The van der Waals surface area contributed by atoms with Crippen molar-refractivity contribution in [3.8, 4) is 6.07 Å². The molecule has 0 bridgehead atoms. The van der Waals surface area contributed by atoms with Crippen molar-refractivity contribution in [3.63, 3.8) is 0 Å². The maximum Gasteiger partial charge on any atom is 0.248 e. The normalized spacial score (nSPS) is 11.8. The number of hydrogen-bond donors (Lipinski definition) is 1. The van der Waals surface area contributed by atoms with Gasteiger partial charge in [-0.15, -0.1) is 0 Å². The van der Waals surface area contributed by atoms with E-state index in [0.717, 1.165) is 15.9 Å². The minimum Gasteiger partial charge on any atom is -0.324 e. The van der Waals surface area contributed by atoms with E-state index in [4.69, 9.17) is 5.26 Å². The molecule has 5 nitrogen and oxygen atoms in total. The molecule has 0 radical (unpaired) electrons. The lowest BCUT2D eigenvalue weighted by atomic mass is 10.2. The maximum atomic E-state index is 12.3. The molecule has 21 heavy (non-hydrogen) atoms. The van der Waals surface area contributed by atoms with E-state index in [1.165, 1.54) is 0 Å². The molecule has 1 N–H and O–H groups in total. The SMILES string of the molecule is Cc1nn(C(C)C(=O)Nc2cccc(C#N)c2)c(C)c1Br. The first-order valence-electron chi connectivity index (χ1n) is 6.46. The number of carbonyl (C=O) groups is 1. The van der Waals surface area contributed by atoms with Gasteiger partial charge < -0.3 is 5.32 Å². The van der Waals surface area contributed by atoms with Gasteiger partial charge in [-0.1, -0.05) is 6.07 Å². The highest BCUT2D eigenvalue weighted by molar-refractivity contribution is 9.10. The van der Waals surface area contributed by atoms with Gasteiger partial charge in [-0.3, -0.25) is 9.48 Å². The third-order valence-corrected chi connectivity index (χ3v) is 4.39. The first kappa shape index (κ1) is 15.3. The van der Waals surface area contributed by atoms with Crippen LogP contribution >= 0.6 is 15.9 Å². The number of benzene rings is 1. The molecule has 1 heterocycles. The Morgan fingerprint density at radius 3 is 2.76 bits per heavy atom. The van der Waals surface area contributed by atoms with E-state index in [1.807, 2.05) is 19.9 Å². The van der Waals surface area contributed by atoms with Crippen molar-refractivity contribution in [1.29, 1.82) is 5.26 Å². The van der Waals surface area contributed by atoms with Gasteiger partial charge in [-0.2, -0.15) is 10.4 Å². The van der Waals surface area contributed by atoms with Crippen LogP contribution in [0.25, 0.3) is 0 Å². The first-order chi connectivity index (χ1) is 9.93. The van der Waals surface area contributed by atoms with Gasteiger partial charge in [-0.25, -0.2) is 0 Å². The molecule has 0 spiro atoms. The molecule has 0 fully saturated rings. The third kappa shape index (κ3) is 3.14. The molecular weight excluding hydrogens is 332 g/mol. The number of nitrogens with one attached hydrogen (secondary N) is 1. The van der Waals surface area contributed by atoms with E-state index in [9.17, 15) is 4.79 Å². The topological polar surface area (TPSA) is 70.7 Å². The van der Waals surface area contributed by atoms with Crippen LogP contribution in [0.5, 0.6) is 0 Å². The summed E-state index contributed by atoms with van der Waals surface area (Å²) in [6.45, 7) is 5.58. The van der Waals surface area contributed by atoms with Crippen LogP contribution < -0.4 is 5.32 Å². The number of hydrogen-bond acceptors (Lipinski definition) is 3. The van der Waals surface area contributed by atoms with Crippen molar-refractivity contribution in [2.45, 2.75) is 26.8 Å². The number of anilines is 1. The summed E-state index contributed by atoms with van der Waals surface area (Å²) in [7, 11) is 0. The van der Waals surface area contributed by atoms with Crippen LogP contribution in [0.4, 0.5) is 5.69 Å². The van der Waals surface area contributed by atoms with E-state index in [-0.39, 0.29) is 5.91 Å². The Balaban J connectivity index is 2.19. The average Bonchev–Trinajstić information content (AvgIpc) is 2.74. The monoisotopic (exact) mass is 346 g/mol. The summed E-state index contributed by atoms with van der Waals surface area (Å²) in [6, 6.07) is 8.42. The van der Waals surface area contributed by atoms with Crippen molar-refractivity contribution < 1.29 is 4.79 Å². The molecule has 0 aliphatic carbocycles. The molecule has 2 aromatic rings. The van der Waals surface area contributed by atoms with E-state index < -0.39 is 6.04 Å². The number of carbonyl (C=O) groups excluding carboxylic acids is 1. The number of nitriles is 1. The molecule has 0 aliphatic rings. The van der Waals surface area contributed by atoms with Crippen LogP contribution in [-0.2, 0) is 4.79 Å². The Morgan fingerprint density at radius 1 is 1.48 bits per heavy atom. The zero-order valence-corrected chi connectivity index (χ0v) is 13.6. The second kappa shape index (κ2) is 6.10. The predicted molar refractivity (Wildman–Crippen MR) is 83.9 cm³/mol. The molecule has 0 saturated carbocycles. The van der Waals surface area contributed by atoms with Gasteiger partial charge in [0.15, 0.2) is 0 Å². The highest BCUT2D eigenvalue weighted by Gasteiger charge is 2.20. The second-order valence-corrected chi connectivity index (χ2v) is 5.58. The second-order valence-electron chi connectivity index (χ2n) is 4.79. The predicted octanol–water partition coefficient (Wildman–Crippen LogP) is 3.33. The van der Waals surface area contributed by atoms with Crippen molar-refractivity contribution in [3.05, 3.63) is 45.7 Å². The van der Waals surface area contributed by atoms with Crippen LogP contribution in [-0.4, -0.2) is 15.7 Å². The van der Waals surface area contributed by atoms with Crippen molar-refractivity contribution in [2.24, 2.45) is 0 Å². The number of rotatable bonds is 3. The zero-order valence-electron chi connectivity index (χ0n) is 12.0. The van der Waals surface area contributed by atoms with Gasteiger partial charge in [0.2, 0.25) is 5.91 Å². The lowest BCUT2D eigenvalue weighted by molar-refractivity contribution is -0.119. The minimum atomic E-state index is -0.444. The summed E-state index contributed by atoms with van der Waals surface area (Å²) in [4.78, 5) is 12.3. The summed E-state index contributed by atoms with van der Waals surface area (Å²) in [5, 5.41) is 16.0. The molecule has 108 valence electrons. The smallest absolute Gasteiger partial charge is 0.248 e. The first-order valence-corrected chi connectivity index (χ1v) is 7.25. The van der Waals surface area contributed by atoms with Gasteiger partial charge in [-0.05, 0) is 54.9 Å². The molecule has 1 amide bonds. The van der Waals surface area contributed by atoms with Gasteiger partial charge in [0.05, 0.1) is 27.5 Å². The van der Waals surface area contributed by atoms with Gasteiger partial charge in [0.25, 0.3) is 0 Å². The molecule has 6 heteroatoms. The van der Waals surface area contributed by atoms with Crippen LogP contribution in [0, 0.1) is 25.2 Å². The number of aryl methyl sites for hydroxylation is 1. The largest absolute Gasteiger partial charge is 0.324 e. The maximum absolute atomic E-state index is 12.3.